The number of alkyl halides is 1. The van der Waals surface area contributed by atoms with Crippen molar-refractivity contribution in [1.29, 1.82) is 0 Å². The van der Waals surface area contributed by atoms with Gasteiger partial charge in [-0.15, -0.1) is 0 Å². The van der Waals surface area contributed by atoms with E-state index in [1.807, 2.05) is 0 Å². The van der Waals surface area contributed by atoms with Crippen LogP contribution in [0, 0.1) is 5.92 Å². The molecule has 3 heteroatoms. The molecule has 0 aromatic rings. The predicted molar refractivity (Wildman–Crippen MR) is 43.3 cm³/mol. The normalized spacial score (nSPS) is 12.6. The number of halogens is 1. The Balaban J connectivity index is 3.80. The first kappa shape index (κ1) is 9.82. The highest BCUT2D eigenvalue weighted by Gasteiger charge is 2.13. The van der Waals surface area contributed by atoms with Gasteiger partial charge in [0, 0.05) is 11.8 Å². The quantitative estimate of drug-likeness (QED) is 0.389. The van der Waals surface area contributed by atoms with Gasteiger partial charge in [-0.1, -0.05) is 22.9 Å². The topological polar surface area (TPSA) is 34.1 Å². The highest BCUT2D eigenvalue weighted by molar-refractivity contribution is 9.09. The van der Waals surface area contributed by atoms with Gasteiger partial charge in [-0.3, -0.25) is 4.79 Å². The fraction of sp³-hybridized carbons (Fsp3) is 0.714. The van der Waals surface area contributed by atoms with Crippen LogP contribution in [-0.2, 0) is 9.59 Å². The lowest BCUT2D eigenvalue weighted by atomic mass is 10.0. The van der Waals surface area contributed by atoms with Crippen molar-refractivity contribution >= 4 is 28.0 Å². The van der Waals surface area contributed by atoms with E-state index in [4.69, 9.17) is 0 Å². The monoisotopic (exact) mass is 206 g/mol. The SMILES string of the molecule is CCC(=O)C(C=O)CCBr. The predicted octanol–water partition coefficient (Wildman–Crippen LogP) is 1.57. The summed E-state index contributed by atoms with van der Waals surface area (Å²) in [5.74, 6) is -0.348. The second-order valence-electron chi connectivity index (χ2n) is 2.04. The van der Waals surface area contributed by atoms with Crippen LogP contribution < -0.4 is 0 Å². The molecule has 0 amide bonds. The first-order chi connectivity index (χ1) is 4.76. The molecule has 0 aromatic heterocycles. The van der Waals surface area contributed by atoms with E-state index in [0.29, 0.717) is 18.2 Å². The Kier molecular flexibility index (Phi) is 5.49. The van der Waals surface area contributed by atoms with Gasteiger partial charge in [0.2, 0.25) is 0 Å². The summed E-state index contributed by atoms with van der Waals surface area (Å²) in [6.07, 6.45) is 1.81. The number of rotatable bonds is 5. The van der Waals surface area contributed by atoms with Gasteiger partial charge in [0.05, 0.1) is 5.92 Å². The number of aldehydes is 1. The zero-order valence-electron chi connectivity index (χ0n) is 5.97. The van der Waals surface area contributed by atoms with Gasteiger partial charge in [-0.2, -0.15) is 0 Å². The van der Waals surface area contributed by atoms with Crippen molar-refractivity contribution < 1.29 is 9.59 Å². The first-order valence-electron chi connectivity index (χ1n) is 3.30. The van der Waals surface area contributed by atoms with Crippen LogP contribution in [0.5, 0.6) is 0 Å². The largest absolute Gasteiger partial charge is 0.303 e. The standard InChI is InChI=1S/C7H11BrO2/c1-2-7(10)6(5-9)3-4-8/h5-6H,2-4H2,1H3. The minimum Gasteiger partial charge on any atom is -0.303 e. The molecule has 1 atom stereocenters. The molecule has 58 valence electrons. The van der Waals surface area contributed by atoms with Gasteiger partial charge >= 0.3 is 0 Å². The van der Waals surface area contributed by atoms with Crippen molar-refractivity contribution in [1.82, 2.24) is 0 Å². The molecule has 0 N–H and O–H groups in total. The summed E-state index contributed by atoms with van der Waals surface area (Å²) < 4.78 is 0. The van der Waals surface area contributed by atoms with Crippen molar-refractivity contribution in [2.75, 3.05) is 5.33 Å². The van der Waals surface area contributed by atoms with Crippen LogP contribution in [0.15, 0.2) is 0 Å². The van der Waals surface area contributed by atoms with E-state index in [9.17, 15) is 9.59 Å². The molecule has 0 fully saturated rings. The molecule has 0 heterocycles. The molecular formula is C7H11BrO2. The number of hydrogen-bond donors (Lipinski definition) is 0. The smallest absolute Gasteiger partial charge is 0.142 e. The van der Waals surface area contributed by atoms with Crippen LogP contribution in [0.25, 0.3) is 0 Å². The van der Waals surface area contributed by atoms with Crippen molar-refractivity contribution in [3.05, 3.63) is 0 Å². The molecule has 0 bridgehead atoms. The van der Waals surface area contributed by atoms with E-state index in [1.54, 1.807) is 6.92 Å². The zero-order chi connectivity index (χ0) is 7.98. The minimum absolute atomic E-state index is 0.0365. The Morgan fingerprint density at radius 3 is 2.60 bits per heavy atom. The molecular weight excluding hydrogens is 196 g/mol. The molecule has 0 rings (SSSR count). The number of hydrogen-bond acceptors (Lipinski definition) is 2. The molecule has 0 aliphatic rings. The lowest BCUT2D eigenvalue weighted by molar-refractivity contribution is -0.127. The lowest BCUT2D eigenvalue weighted by Gasteiger charge is -2.03. The van der Waals surface area contributed by atoms with Crippen LogP contribution in [0.4, 0.5) is 0 Å². The van der Waals surface area contributed by atoms with Crippen molar-refractivity contribution in [2.45, 2.75) is 19.8 Å². The molecule has 0 aliphatic heterocycles. The molecule has 2 nitrogen and oxygen atoms in total. The van der Waals surface area contributed by atoms with Crippen molar-refractivity contribution in [3.63, 3.8) is 0 Å². The van der Waals surface area contributed by atoms with E-state index >= 15 is 0 Å². The summed E-state index contributed by atoms with van der Waals surface area (Å²) in [7, 11) is 0. The maximum absolute atomic E-state index is 10.9. The van der Waals surface area contributed by atoms with Crippen LogP contribution in [0.3, 0.4) is 0 Å². The van der Waals surface area contributed by atoms with E-state index in [1.165, 1.54) is 0 Å². The average Bonchev–Trinajstić information content (AvgIpc) is 1.99. The third-order valence-electron chi connectivity index (χ3n) is 1.35. The zero-order valence-corrected chi connectivity index (χ0v) is 7.56. The van der Waals surface area contributed by atoms with Crippen LogP contribution in [-0.4, -0.2) is 17.4 Å². The molecule has 0 aromatic carbocycles. The number of carbonyl (C=O) groups excluding carboxylic acids is 2. The molecule has 0 saturated heterocycles. The van der Waals surface area contributed by atoms with Gasteiger partial charge in [-0.05, 0) is 6.42 Å². The van der Waals surface area contributed by atoms with E-state index < -0.39 is 0 Å². The summed E-state index contributed by atoms with van der Waals surface area (Å²) in [6.45, 7) is 1.77. The molecule has 10 heavy (non-hydrogen) atoms. The Hall–Kier alpha value is -0.180. The second kappa shape index (κ2) is 5.59. The van der Waals surface area contributed by atoms with Gasteiger partial charge in [0.25, 0.3) is 0 Å². The minimum atomic E-state index is -0.385. The highest BCUT2D eigenvalue weighted by Crippen LogP contribution is 2.05. The van der Waals surface area contributed by atoms with Crippen LogP contribution in [0.1, 0.15) is 19.8 Å². The van der Waals surface area contributed by atoms with E-state index in [0.717, 1.165) is 6.29 Å². The summed E-state index contributed by atoms with van der Waals surface area (Å²) in [5.41, 5.74) is 0. The van der Waals surface area contributed by atoms with Gasteiger partial charge < -0.3 is 4.79 Å². The first-order valence-corrected chi connectivity index (χ1v) is 4.42. The van der Waals surface area contributed by atoms with Gasteiger partial charge in [0.1, 0.15) is 12.1 Å². The number of ketones is 1. The number of carbonyl (C=O) groups is 2. The summed E-state index contributed by atoms with van der Waals surface area (Å²) in [6, 6.07) is 0. The third kappa shape index (κ3) is 3.11. The lowest BCUT2D eigenvalue weighted by Crippen LogP contribution is -2.14. The average molecular weight is 207 g/mol. The Morgan fingerprint density at radius 2 is 2.30 bits per heavy atom. The van der Waals surface area contributed by atoms with Crippen LogP contribution in [0.2, 0.25) is 0 Å². The molecule has 0 saturated carbocycles. The maximum atomic E-state index is 10.9. The molecule has 0 aliphatic carbocycles. The maximum Gasteiger partial charge on any atom is 0.142 e. The summed E-state index contributed by atoms with van der Waals surface area (Å²) in [5, 5.41) is 0.710. The highest BCUT2D eigenvalue weighted by atomic mass is 79.9. The Labute approximate surface area is 69.1 Å². The summed E-state index contributed by atoms with van der Waals surface area (Å²) in [4.78, 5) is 21.1. The Morgan fingerprint density at radius 1 is 1.70 bits per heavy atom. The second-order valence-corrected chi connectivity index (χ2v) is 2.83. The Bertz CT molecular complexity index is 123. The van der Waals surface area contributed by atoms with Crippen LogP contribution >= 0.6 is 15.9 Å². The molecule has 1 unspecified atom stereocenters. The van der Waals surface area contributed by atoms with Gasteiger partial charge in [-0.25, -0.2) is 0 Å². The number of Topliss-reactive ketones (excluding diaryl/α,β-unsaturated/α-hetero) is 1. The van der Waals surface area contributed by atoms with E-state index in [-0.39, 0.29) is 11.7 Å². The van der Waals surface area contributed by atoms with Gasteiger partial charge in [0.15, 0.2) is 0 Å². The fourth-order valence-electron chi connectivity index (χ4n) is 0.685. The molecule has 0 spiro atoms. The molecule has 0 radical (unpaired) electrons. The van der Waals surface area contributed by atoms with Crippen molar-refractivity contribution in [3.8, 4) is 0 Å². The van der Waals surface area contributed by atoms with E-state index in [2.05, 4.69) is 15.9 Å². The van der Waals surface area contributed by atoms with Crippen molar-refractivity contribution in [2.24, 2.45) is 5.92 Å². The third-order valence-corrected chi connectivity index (χ3v) is 1.80. The summed E-state index contributed by atoms with van der Waals surface area (Å²) >= 11 is 3.18. The fourth-order valence-corrected chi connectivity index (χ4v) is 1.18.